The fraction of sp³-hybridized carbons (Fsp3) is 0.667. The van der Waals surface area contributed by atoms with Gasteiger partial charge in [-0.2, -0.15) is 0 Å². The van der Waals surface area contributed by atoms with Crippen LogP contribution in [0.15, 0.2) is 0 Å². The largest absolute Gasteiger partial charge is 0.460 e. The molecule has 19 heavy (non-hydrogen) atoms. The van der Waals surface area contributed by atoms with Crippen LogP contribution in [0.25, 0.3) is 0 Å². The predicted molar refractivity (Wildman–Crippen MR) is 71.6 cm³/mol. The van der Waals surface area contributed by atoms with Crippen molar-refractivity contribution in [2.45, 2.75) is 27.2 Å². The fourth-order valence-corrected chi connectivity index (χ4v) is 1.67. The molecule has 0 aromatic rings. The van der Waals surface area contributed by atoms with Gasteiger partial charge >= 0.3 is 5.97 Å². The first-order valence-electron chi connectivity index (χ1n) is 6.01. The zero-order chi connectivity index (χ0) is 14.8. The number of hydrogen-bond donors (Lipinski definition) is 1. The van der Waals surface area contributed by atoms with E-state index in [1.807, 2.05) is 0 Å². The minimum Gasteiger partial charge on any atom is -0.460 e. The van der Waals surface area contributed by atoms with Crippen molar-refractivity contribution in [2.75, 3.05) is 18.9 Å². The molecule has 108 valence electrons. The highest BCUT2D eigenvalue weighted by Crippen LogP contribution is 2.05. The molecule has 1 amide bonds. The summed E-state index contributed by atoms with van der Waals surface area (Å²) in [5.74, 6) is -1.65. The Morgan fingerprint density at radius 3 is 2.37 bits per heavy atom. The van der Waals surface area contributed by atoms with Gasteiger partial charge in [-0.3, -0.25) is 14.4 Å². The van der Waals surface area contributed by atoms with Crippen LogP contribution in [-0.4, -0.2) is 41.7 Å². The molecule has 0 rings (SSSR count). The summed E-state index contributed by atoms with van der Waals surface area (Å²) in [5.41, 5.74) is 0. The zero-order valence-electron chi connectivity index (χ0n) is 11.4. The number of hydrogen-bond acceptors (Lipinski definition) is 6. The first-order valence-corrected chi connectivity index (χ1v) is 7.00. The van der Waals surface area contributed by atoms with Gasteiger partial charge in [-0.25, -0.2) is 4.79 Å². The number of thioether (sulfide) groups is 1. The summed E-state index contributed by atoms with van der Waals surface area (Å²) < 4.78 is 4.48. The Morgan fingerprint density at radius 1 is 1.21 bits per heavy atom. The number of nitrogens with one attached hydrogen (secondary N) is 1. The summed E-state index contributed by atoms with van der Waals surface area (Å²) in [6, 6.07) is 0. The van der Waals surface area contributed by atoms with Crippen molar-refractivity contribution in [3.8, 4) is 0 Å². The number of amides is 1. The number of carbonyl (C=O) groups is 4. The van der Waals surface area contributed by atoms with Gasteiger partial charge in [0.15, 0.2) is 5.12 Å². The Bertz CT molecular complexity index is 354. The van der Waals surface area contributed by atoms with Crippen LogP contribution >= 0.6 is 11.8 Å². The molecular weight excluding hydrogens is 270 g/mol. The maximum absolute atomic E-state index is 11.4. The van der Waals surface area contributed by atoms with Crippen LogP contribution in [-0.2, 0) is 23.9 Å². The number of rotatable bonds is 8. The summed E-state index contributed by atoms with van der Waals surface area (Å²) >= 11 is 0.912. The highest BCUT2D eigenvalue weighted by Gasteiger charge is 2.19. The van der Waals surface area contributed by atoms with E-state index in [-0.39, 0.29) is 18.4 Å². The van der Waals surface area contributed by atoms with E-state index in [0.717, 1.165) is 11.8 Å². The van der Waals surface area contributed by atoms with Gasteiger partial charge in [0, 0.05) is 18.2 Å². The van der Waals surface area contributed by atoms with E-state index in [4.69, 9.17) is 0 Å². The molecule has 0 aliphatic carbocycles. The number of ketones is 1. The van der Waals surface area contributed by atoms with E-state index in [1.165, 1.54) is 0 Å². The van der Waals surface area contributed by atoms with Crippen LogP contribution in [0.3, 0.4) is 0 Å². The molecule has 0 heterocycles. The molecular formula is C12H19NO5S. The number of esters is 1. The Morgan fingerprint density at radius 2 is 1.84 bits per heavy atom. The van der Waals surface area contributed by atoms with Gasteiger partial charge in [-0.15, -0.1) is 0 Å². The highest BCUT2D eigenvalue weighted by molar-refractivity contribution is 8.13. The molecule has 6 nitrogen and oxygen atoms in total. The van der Waals surface area contributed by atoms with Crippen LogP contribution in [0.5, 0.6) is 0 Å². The number of Topliss-reactive ketones (excluding diaryl/α,β-unsaturated/α-hetero) is 1. The molecule has 7 heteroatoms. The monoisotopic (exact) mass is 289 g/mol. The summed E-state index contributed by atoms with van der Waals surface area (Å²) in [4.78, 5) is 44.7. The maximum atomic E-state index is 11.4. The average Bonchev–Trinajstić information content (AvgIpc) is 2.34. The van der Waals surface area contributed by atoms with Crippen molar-refractivity contribution < 1.29 is 23.9 Å². The second kappa shape index (κ2) is 9.55. The first kappa shape index (κ1) is 17.6. The van der Waals surface area contributed by atoms with Crippen molar-refractivity contribution in [3.63, 3.8) is 0 Å². The normalized spacial score (nSPS) is 10.1. The maximum Gasteiger partial charge on any atom is 0.375 e. The Kier molecular flexibility index (Phi) is 8.86. The predicted octanol–water partition coefficient (Wildman–Crippen LogP) is 0.541. The SMILES string of the molecule is CCOC(=O)C(=O)CC(=O)SCCNC(=O)C(C)C. The lowest BCUT2D eigenvalue weighted by Crippen LogP contribution is -2.29. The third-order valence-electron chi connectivity index (χ3n) is 2.00. The van der Waals surface area contributed by atoms with Gasteiger partial charge in [0.2, 0.25) is 11.7 Å². The molecule has 0 aromatic heterocycles. The fourth-order valence-electron chi connectivity index (χ4n) is 1.01. The molecule has 0 atom stereocenters. The lowest BCUT2D eigenvalue weighted by atomic mass is 10.2. The standard InChI is InChI=1S/C12H19NO5S/c1-4-18-12(17)9(14)7-10(15)19-6-5-13-11(16)8(2)3/h8H,4-7H2,1-3H3,(H,13,16). The van der Waals surface area contributed by atoms with Gasteiger partial charge in [0.05, 0.1) is 13.0 Å². The van der Waals surface area contributed by atoms with E-state index in [9.17, 15) is 19.2 Å². The van der Waals surface area contributed by atoms with Crippen LogP contribution in [0.4, 0.5) is 0 Å². The number of ether oxygens (including phenoxy) is 1. The van der Waals surface area contributed by atoms with Crippen molar-refractivity contribution in [3.05, 3.63) is 0 Å². The van der Waals surface area contributed by atoms with Crippen molar-refractivity contribution in [2.24, 2.45) is 5.92 Å². The Balaban J connectivity index is 3.79. The second-order valence-corrected chi connectivity index (χ2v) is 5.14. The topological polar surface area (TPSA) is 89.5 Å². The molecule has 0 spiro atoms. The minimum absolute atomic E-state index is 0.0874. The molecule has 1 N–H and O–H groups in total. The van der Waals surface area contributed by atoms with E-state index in [1.54, 1.807) is 20.8 Å². The minimum atomic E-state index is -0.982. The summed E-state index contributed by atoms with van der Waals surface area (Å²) in [6.07, 6.45) is -0.471. The summed E-state index contributed by atoms with van der Waals surface area (Å²) in [5, 5.41) is 2.24. The molecule has 0 radical (unpaired) electrons. The van der Waals surface area contributed by atoms with Crippen molar-refractivity contribution in [1.29, 1.82) is 0 Å². The van der Waals surface area contributed by atoms with Gasteiger partial charge in [0.1, 0.15) is 0 Å². The van der Waals surface area contributed by atoms with Crippen molar-refractivity contribution in [1.82, 2.24) is 5.32 Å². The van der Waals surface area contributed by atoms with Crippen LogP contribution in [0, 0.1) is 5.92 Å². The van der Waals surface area contributed by atoms with Gasteiger partial charge in [0.25, 0.3) is 0 Å². The molecule has 0 fully saturated rings. The van der Waals surface area contributed by atoms with E-state index in [0.29, 0.717) is 12.3 Å². The van der Waals surface area contributed by atoms with Crippen LogP contribution in [0.1, 0.15) is 27.2 Å². The van der Waals surface area contributed by atoms with Gasteiger partial charge < -0.3 is 10.1 Å². The van der Waals surface area contributed by atoms with Crippen LogP contribution < -0.4 is 5.32 Å². The molecule has 0 bridgehead atoms. The third kappa shape index (κ3) is 8.36. The molecule has 0 unspecified atom stereocenters. The first-order chi connectivity index (χ1) is 8.88. The van der Waals surface area contributed by atoms with E-state index >= 15 is 0 Å². The summed E-state index contributed by atoms with van der Waals surface area (Å²) in [6.45, 7) is 5.57. The van der Waals surface area contributed by atoms with Crippen molar-refractivity contribution >= 4 is 34.5 Å². The van der Waals surface area contributed by atoms with Crippen LogP contribution in [0.2, 0.25) is 0 Å². The molecule has 0 saturated carbocycles. The molecule has 0 aliphatic rings. The molecule has 0 aliphatic heterocycles. The van der Waals surface area contributed by atoms with E-state index < -0.39 is 23.3 Å². The summed E-state index contributed by atoms with van der Waals surface area (Å²) in [7, 11) is 0. The lowest BCUT2D eigenvalue weighted by molar-refractivity contribution is -0.153. The van der Waals surface area contributed by atoms with Gasteiger partial charge in [-0.1, -0.05) is 25.6 Å². The highest BCUT2D eigenvalue weighted by atomic mass is 32.2. The third-order valence-corrected chi connectivity index (χ3v) is 2.87. The smallest absolute Gasteiger partial charge is 0.375 e. The molecule has 0 saturated heterocycles. The lowest BCUT2D eigenvalue weighted by Gasteiger charge is -2.06. The number of carbonyl (C=O) groups excluding carboxylic acids is 4. The zero-order valence-corrected chi connectivity index (χ0v) is 12.2. The average molecular weight is 289 g/mol. The van der Waals surface area contributed by atoms with E-state index in [2.05, 4.69) is 10.1 Å². The molecule has 0 aromatic carbocycles. The quantitative estimate of drug-likeness (QED) is 0.303. The van der Waals surface area contributed by atoms with Gasteiger partial charge in [-0.05, 0) is 6.92 Å². The second-order valence-electron chi connectivity index (χ2n) is 3.99. The Labute approximate surface area is 116 Å². The Hall–Kier alpha value is -1.37.